The summed E-state index contributed by atoms with van der Waals surface area (Å²) in [5, 5.41) is 3.02. The Hall–Kier alpha value is -2.34. The molecule has 1 N–H and O–H groups in total. The second-order valence-electron chi connectivity index (χ2n) is 10.8. The van der Waals surface area contributed by atoms with Crippen LogP contribution in [0.1, 0.15) is 52.0 Å². The Morgan fingerprint density at radius 3 is 2.47 bits per heavy atom. The van der Waals surface area contributed by atoms with Crippen LogP contribution in [0.4, 0.5) is 18.0 Å². The Kier molecular flexibility index (Phi) is 7.06. The van der Waals surface area contributed by atoms with E-state index in [0.717, 1.165) is 12.1 Å². The summed E-state index contributed by atoms with van der Waals surface area (Å²) in [5.74, 6) is -0.435. The van der Waals surface area contributed by atoms with Gasteiger partial charge in [0.25, 0.3) is 0 Å². The number of alkyl halides is 3. The van der Waals surface area contributed by atoms with Crippen molar-refractivity contribution in [3.05, 3.63) is 29.8 Å². The topological polar surface area (TPSA) is 96.0 Å². The lowest BCUT2D eigenvalue weighted by Gasteiger charge is -2.29. The lowest BCUT2D eigenvalue weighted by atomic mass is 9.97. The average molecular weight is 532 g/mol. The number of hydrogen-bond acceptors (Lipinski definition) is 5. The number of carbonyl (C=O) groups excluding carboxylic acids is 2. The highest BCUT2D eigenvalue weighted by Gasteiger charge is 2.48. The summed E-state index contributed by atoms with van der Waals surface area (Å²) in [5.41, 5.74) is -1.70. The third-order valence-electron chi connectivity index (χ3n) is 7.13. The van der Waals surface area contributed by atoms with E-state index in [4.69, 9.17) is 4.74 Å². The summed E-state index contributed by atoms with van der Waals surface area (Å²) in [6, 6.07) is 2.84. The molecule has 0 aromatic heterocycles. The number of nitrogens with zero attached hydrogens (tertiary/aromatic N) is 2. The third-order valence-corrected chi connectivity index (χ3v) is 8.96. The SMILES string of the molecule is CC(C)(C)OC(=O)N1CCC[C@H]1C(=O)N[C@H]1CC[C@@H]2CN(S(=O)(=O)c3cccc(C(F)(F)F)c3)C[C@@H]21. The van der Waals surface area contributed by atoms with Gasteiger partial charge in [0.2, 0.25) is 15.9 Å². The zero-order valence-electron chi connectivity index (χ0n) is 20.5. The predicted octanol–water partition coefficient (Wildman–Crippen LogP) is 3.62. The highest BCUT2D eigenvalue weighted by Crippen LogP contribution is 2.41. The first-order chi connectivity index (χ1) is 16.7. The number of carbonyl (C=O) groups is 2. The van der Waals surface area contributed by atoms with Crippen LogP contribution >= 0.6 is 0 Å². The van der Waals surface area contributed by atoms with Crippen molar-refractivity contribution in [2.24, 2.45) is 11.8 Å². The Bertz CT molecular complexity index is 1120. The molecule has 1 aliphatic carbocycles. The normalized spacial score (nSPS) is 27.2. The average Bonchev–Trinajstić information content (AvgIpc) is 3.49. The maximum absolute atomic E-state index is 13.1. The summed E-state index contributed by atoms with van der Waals surface area (Å²) < 4.78 is 72.2. The smallest absolute Gasteiger partial charge is 0.416 e. The standard InChI is InChI=1S/C24H32F3N3O5S/c1-23(2,3)35-22(32)30-11-5-8-20(30)21(31)28-19-10-9-15-13-29(14-18(15)19)36(33,34)17-7-4-6-16(12-17)24(25,26)27/h4,6-7,12,15,18-20H,5,8-11,13-14H2,1-3H3,(H,28,31)/t15-,18+,19+,20+/m1/s1. The zero-order chi connectivity index (χ0) is 26.5. The summed E-state index contributed by atoms with van der Waals surface area (Å²) in [7, 11) is -4.12. The van der Waals surface area contributed by atoms with E-state index < -0.39 is 44.4 Å². The fraction of sp³-hybridized carbons (Fsp3) is 0.667. The number of nitrogens with one attached hydrogen (secondary N) is 1. The van der Waals surface area contributed by atoms with E-state index in [1.165, 1.54) is 15.3 Å². The molecule has 2 heterocycles. The molecule has 2 aliphatic heterocycles. The van der Waals surface area contributed by atoms with Crippen LogP contribution in [-0.4, -0.2) is 66.9 Å². The molecule has 1 aromatic carbocycles. The fourth-order valence-electron chi connectivity index (χ4n) is 5.44. The van der Waals surface area contributed by atoms with E-state index in [-0.39, 0.29) is 36.9 Å². The molecule has 1 saturated carbocycles. The summed E-state index contributed by atoms with van der Waals surface area (Å²) in [4.78, 5) is 26.7. The number of halogens is 3. The van der Waals surface area contributed by atoms with Gasteiger partial charge in [-0.1, -0.05) is 6.07 Å². The molecule has 4 rings (SSSR count). The van der Waals surface area contributed by atoms with Crippen molar-refractivity contribution in [1.82, 2.24) is 14.5 Å². The summed E-state index contributed by atoms with van der Waals surface area (Å²) >= 11 is 0. The first-order valence-electron chi connectivity index (χ1n) is 12.1. The number of likely N-dealkylation sites (tertiary alicyclic amines) is 1. The van der Waals surface area contributed by atoms with Gasteiger partial charge in [-0.2, -0.15) is 17.5 Å². The van der Waals surface area contributed by atoms with Crippen LogP contribution in [0, 0.1) is 11.8 Å². The monoisotopic (exact) mass is 531 g/mol. The van der Waals surface area contributed by atoms with Crippen molar-refractivity contribution in [3.8, 4) is 0 Å². The molecule has 2 saturated heterocycles. The van der Waals surface area contributed by atoms with Gasteiger partial charge < -0.3 is 10.1 Å². The zero-order valence-corrected chi connectivity index (χ0v) is 21.4. The molecule has 0 radical (unpaired) electrons. The van der Waals surface area contributed by atoms with E-state index in [0.29, 0.717) is 38.3 Å². The Morgan fingerprint density at radius 1 is 1.08 bits per heavy atom. The van der Waals surface area contributed by atoms with Gasteiger partial charge in [-0.15, -0.1) is 0 Å². The molecular formula is C24H32F3N3O5S. The molecular weight excluding hydrogens is 499 g/mol. The first kappa shape index (κ1) is 26.7. The van der Waals surface area contributed by atoms with Crippen LogP contribution in [0.3, 0.4) is 0 Å². The van der Waals surface area contributed by atoms with Gasteiger partial charge in [0.05, 0.1) is 10.5 Å². The number of fused-ring (bicyclic) bond motifs is 1. The van der Waals surface area contributed by atoms with Crippen molar-refractivity contribution < 1.29 is 35.9 Å². The minimum atomic E-state index is -4.64. The van der Waals surface area contributed by atoms with Crippen molar-refractivity contribution >= 4 is 22.0 Å². The summed E-state index contributed by atoms with van der Waals surface area (Å²) in [6.45, 7) is 6.01. The van der Waals surface area contributed by atoms with Crippen LogP contribution in [0.5, 0.6) is 0 Å². The third kappa shape index (κ3) is 5.49. The number of benzene rings is 1. The highest BCUT2D eigenvalue weighted by molar-refractivity contribution is 7.89. The quantitative estimate of drug-likeness (QED) is 0.640. The molecule has 1 aromatic rings. The van der Waals surface area contributed by atoms with E-state index >= 15 is 0 Å². The van der Waals surface area contributed by atoms with Crippen LogP contribution < -0.4 is 5.32 Å². The molecule has 36 heavy (non-hydrogen) atoms. The van der Waals surface area contributed by atoms with Gasteiger partial charge in [-0.3, -0.25) is 9.69 Å². The Labute approximate surface area is 209 Å². The van der Waals surface area contributed by atoms with Crippen molar-refractivity contribution in [2.45, 2.75) is 75.2 Å². The molecule has 12 heteroatoms. The lowest BCUT2D eigenvalue weighted by molar-refractivity contribution is -0.137. The lowest BCUT2D eigenvalue weighted by Crippen LogP contribution is -2.51. The molecule has 8 nitrogen and oxygen atoms in total. The van der Waals surface area contributed by atoms with E-state index in [2.05, 4.69) is 5.32 Å². The molecule has 0 spiro atoms. The second kappa shape index (κ2) is 9.51. The maximum Gasteiger partial charge on any atom is 0.416 e. The number of rotatable bonds is 4. The van der Waals surface area contributed by atoms with Crippen LogP contribution in [0.2, 0.25) is 0 Å². The highest BCUT2D eigenvalue weighted by atomic mass is 32.2. The molecule has 3 fully saturated rings. The van der Waals surface area contributed by atoms with Crippen LogP contribution in [0.15, 0.2) is 29.2 Å². The Balaban J connectivity index is 1.42. The van der Waals surface area contributed by atoms with Gasteiger partial charge in [0.1, 0.15) is 11.6 Å². The molecule has 3 aliphatic rings. The second-order valence-corrected chi connectivity index (χ2v) is 12.7. The Morgan fingerprint density at radius 2 is 1.81 bits per heavy atom. The van der Waals surface area contributed by atoms with Gasteiger partial charge in [0.15, 0.2) is 0 Å². The molecule has 0 bridgehead atoms. The van der Waals surface area contributed by atoms with Crippen molar-refractivity contribution in [3.63, 3.8) is 0 Å². The maximum atomic E-state index is 13.1. The van der Waals surface area contributed by atoms with E-state index in [1.807, 2.05) is 0 Å². The minimum Gasteiger partial charge on any atom is -0.444 e. The van der Waals surface area contributed by atoms with Crippen LogP contribution in [-0.2, 0) is 25.7 Å². The van der Waals surface area contributed by atoms with Gasteiger partial charge in [0, 0.05) is 25.7 Å². The first-order valence-corrected chi connectivity index (χ1v) is 13.6. The predicted molar refractivity (Wildman–Crippen MR) is 124 cm³/mol. The number of hydrogen-bond donors (Lipinski definition) is 1. The van der Waals surface area contributed by atoms with E-state index in [9.17, 15) is 31.2 Å². The number of ether oxygens (including phenoxy) is 1. The van der Waals surface area contributed by atoms with Gasteiger partial charge in [-0.05, 0) is 76.5 Å². The van der Waals surface area contributed by atoms with E-state index in [1.54, 1.807) is 20.8 Å². The molecule has 0 unspecified atom stereocenters. The number of amides is 2. The van der Waals surface area contributed by atoms with Gasteiger partial charge in [-0.25, -0.2) is 13.2 Å². The number of sulfonamides is 1. The van der Waals surface area contributed by atoms with Crippen molar-refractivity contribution in [1.29, 1.82) is 0 Å². The largest absolute Gasteiger partial charge is 0.444 e. The molecule has 200 valence electrons. The fourth-order valence-corrected chi connectivity index (χ4v) is 7.02. The van der Waals surface area contributed by atoms with Gasteiger partial charge >= 0.3 is 12.3 Å². The molecule has 2 amide bonds. The molecule has 4 atom stereocenters. The minimum absolute atomic E-state index is 0.00131. The van der Waals surface area contributed by atoms with Crippen molar-refractivity contribution in [2.75, 3.05) is 19.6 Å². The van der Waals surface area contributed by atoms with Crippen LogP contribution in [0.25, 0.3) is 0 Å². The summed E-state index contributed by atoms with van der Waals surface area (Å²) in [6.07, 6.45) is -2.61.